The van der Waals surface area contributed by atoms with Gasteiger partial charge in [0.25, 0.3) is 10.0 Å². The molecule has 0 amide bonds. The van der Waals surface area contributed by atoms with Crippen molar-refractivity contribution in [3.8, 4) is 0 Å². The molecule has 0 aliphatic rings. The highest BCUT2D eigenvalue weighted by atomic mass is 35.5. The summed E-state index contributed by atoms with van der Waals surface area (Å²) in [5.74, 6) is 0. The molecule has 0 fully saturated rings. The second kappa shape index (κ2) is 5.87. The van der Waals surface area contributed by atoms with E-state index in [-0.39, 0.29) is 4.90 Å². The third kappa shape index (κ3) is 3.15. The van der Waals surface area contributed by atoms with Crippen molar-refractivity contribution in [2.45, 2.75) is 24.9 Å². The van der Waals surface area contributed by atoms with E-state index in [2.05, 4.69) is 4.72 Å². The lowest BCUT2D eigenvalue weighted by atomic mass is 10.3. The van der Waals surface area contributed by atoms with Gasteiger partial charge in [-0.2, -0.15) is 0 Å². The molecule has 3 N–H and O–H groups in total. The molecule has 0 radical (unpaired) electrons. The number of nitrogens with one attached hydrogen (secondary N) is 1. The first-order chi connectivity index (χ1) is 9.46. The van der Waals surface area contributed by atoms with Crippen LogP contribution in [0.5, 0.6) is 0 Å². The molecule has 0 aliphatic heterocycles. The highest BCUT2D eigenvalue weighted by Crippen LogP contribution is 2.20. The van der Waals surface area contributed by atoms with Crippen LogP contribution in [0.1, 0.15) is 12.6 Å². The average Bonchev–Trinajstić information content (AvgIpc) is 2.85. The van der Waals surface area contributed by atoms with Gasteiger partial charge < -0.3 is 10.3 Å². The molecule has 0 unspecified atom stereocenters. The maximum atomic E-state index is 12.3. The quantitative estimate of drug-likeness (QED) is 0.890. The van der Waals surface area contributed by atoms with Gasteiger partial charge in [-0.1, -0.05) is 11.6 Å². The minimum Gasteiger partial charge on any atom is -0.349 e. The molecule has 7 heteroatoms. The zero-order chi connectivity index (χ0) is 14.8. The van der Waals surface area contributed by atoms with Crippen molar-refractivity contribution in [1.29, 1.82) is 0 Å². The van der Waals surface area contributed by atoms with Crippen molar-refractivity contribution >= 4 is 27.3 Å². The number of aromatic nitrogens is 1. The lowest BCUT2D eigenvalue weighted by Gasteiger charge is -2.06. The average molecular weight is 314 g/mol. The lowest BCUT2D eigenvalue weighted by molar-refractivity contribution is 0.600. The van der Waals surface area contributed by atoms with E-state index in [0.717, 1.165) is 5.69 Å². The number of aryl methyl sites for hydroxylation is 1. The Morgan fingerprint density at radius 2 is 1.95 bits per heavy atom. The Bertz CT molecular complexity index is 671. The lowest BCUT2D eigenvalue weighted by Crippen LogP contribution is -2.12. The van der Waals surface area contributed by atoms with Gasteiger partial charge in [-0.15, -0.1) is 0 Å². The number of rotatable bonds is 5. The Morgan fingerprint density at radius 3 is 2.45 bits per heavy atom. The molecule has 0 bridgehead atoms. The summed E-state index contributed by atoms with van der Waals surface area (Å²) in [6.45, 7) is 2.90. The number of hydrogen-bond acceptors (Lipinski definition) is 3. The summed E-state index contributed by atoms with van der Waals surface area (Å²) in [5, 5.41) is 0.551. The molecule has 1 aromatic heterocycles. The molecular formula is C13H16ClN3O2S. The van der Waals surface area contributed by atoms with E-state index in [9.17, 15) is 8.42 Å². The fraction of sp³-hybridized carbons (Fsp3) is 0.231. The molecule has 2 aromatic rings. The van der Waals surface area contributed by atoms with Crippen LogP contribution in [-0.4, -0.2) is 13.0 Å². The smallest absolute Gasteiger partial charge is 0.263 e. The van der Waals surface area contributed by atoms with E-state index in [1.807, 2.05) is 11.5 Å². The monoisotopic (exact) mass is 313 g/mol. The van der Waals surface area contributed by atoms with E-state index in [1.165, 1.54) is 0 Å². The van der Waals surface area contributed by atoms with Crippen molar-refractivity contribution in [3.05, 3.63) is 47.2 Å². The highest BCUT2D eigenvalue weighted by molar-refractivity contribution is 7.92. The molecule has 0 saturated heterocycles. The SMILES string of the molecule is CCn1cc(S(=O)(=O)Nc2ccc(Cl)cc2)cc1CN. The Kier molecular flexibility index (Phi) is 4.37. The summed E-state index contributed by atoms with van der Waals surface area (Å²) in [6, 6.07) is 8.06. The number of anilines is 1. The zero-order valence-electron chi connectivity index (χ0n) is 11.0. The van der Waals surface area contributed by atoms with Crippen molar-refractivity contribution < 1.29 is 8.42 Å². The van der Waals surface area contributed by atoms with Gasteiger partial charge in [0, 0.05) is 35.7 Å². The predicted molar refractivity (Wildman–Crippen MR) is 80.3 cm³/mol. The largest absolute Gasteiger partial charge is 0.349 e. The molecule has 108 valence electrons. The molecule has 0 spiro atoms. The number of halogens is 1. The van der Waals surface area contributed by atoms with E-state index in [0.29, 0.717) is 23.8 Å². The molecule has 1 aromatic carbocycles. The minimum atomic E-state index is -3.62. The summed E-state index contributed by atoms with van der Waals surface area (Å²) in [4.78, 5) is 0.203. The molecule has 0 aliphatic carbocycles. The number of benzene rings is 1. The molecule has 1 heterocycles. The summed E-state index contributed by atoms with van der Waals surface area (Å²) in [5.41, 5.74) is 6.85. The Morgan fingerprint density at radius 1 is 1.30 bits per heavy atom. The van der Waals surface area contributed by atoms with E-state index in [1.54, 1.807) is 36.5 Å². The standard InChI is InChI=1S/C13H16ClN3O2S/c1-2-17-9-13(7-12(17)8-15)20(18,19)16-11-5-3-10(14)4-6-11/h3-7,9,16H,2,8,15H2,1H3. The van der Waals surface area contributed by atoms with E-state index >= 15 is 0 Å². The maximum absolute atomic E-state index is 12.3. The van der Waals surface area contributed by atoms with Crippen LogP contribution in [0.2, 0.25) is 5.02 Å². The van der Waals surface area contributed by atoms with Crippen LogP contribution in [0, 0.1) is 0 Å². The van der Waals surface area contributed by atoms with Gasteiger partial charge in [-0.05, 0) is 37.3 Å². The van der Waals surface area contributed by atoms with Gasteiger partial charge in [0.2, 0.25) is 0 Å². The van der Waals surface area contributed by atoms with Crippen molar-refractivity contribution in [2.24, 2.45) is 5.73 Å². The third-order valence-electron chi connectivity index (χ3n) is 2.92. The normalized spacial score (nSPS) is 11.6. The van der Waals surface area contributed by atoms with Crippen LogP contribution in [-0.2, 0) is 23.1 Å². The first-order valence-electron chi connectivity index (χ1n) is 6.13. The number of sulfonamides is 1. The third-order valence-corrected chi connectivity index (χ3v) is 4.52. The molecule has 0 atom stereocenters. The zero-order valence-corrected chi connectivity index (χ0v) is 12.6. The van der Waals surface area contributed by atoms with Crippen LogP contribution in [0.4, 0.5) is 5.69 Å². The number of hydrogen-bond donors (Lipinski definition) is 2. The maximum Gasteiger partial charge on any atom is 0.263 e. The van der Waals surface area contributed by atoms with Crippen LogP contribution in [0.3, 0.4) is 0 Å². The fourth-order valence-corrected chi connectivity index (χ4v) is 3.12. The Labute approximate surface area is 123 Å². The number of nitrogens with two attached hydrogens (primary N) is 1. The van der Waals surface area contributed by atoms with Crippen molar-refractivity contribution in [1.82, 2.24) is 4.57 Å². The highest BCUT2D eigenvalue weighted by Gasteiger charge is 2.17. The summed E-state index contributed by atoms with van der Waals surface area (Å²) >= 11 is 5.77. The van der Waals surface area contributed by atoms with Crippen LogP contribution in [0.25, 0.3) is 0 Å². The van der Waals surface area contributed by atoms with Crippen LogP contribution >= 0.6 is 11.6 Å². The van der Waals surface area contributed by atoms with Crippen LogP contribution in [0.15, 0.2) is 41.4 Å². The first kappa shape index (κ1) is 14.9. The van der Waals surface area contributed by atoms with Crippen molar-refractivity contribution in [2.75, 3.05) is 4.72 Å². The van der Waals surface area contributed by atoms with Crippen molar-refractivity contribution in [3.63, 3.8) is 0 Å². The summed E-state index contributed by atoms with van der Waals surface area (Å²) in [7, 11) is -3.62. The topological polar surface area (TPSA) is 77.1 Å². The van der Waals surface area contributed by atoms with Gasteiger partial charge in [-0.25, -0.2) is 8.42 Å². The summed E-state index contributed by atoms with van der Waals surface area (Å²) < 4.78 is 28.9. The fourth-order valence-electron chi connectivity index (χ4n) is 1.87. The van der Waals surface area contributed by atoms with Gasteiger partial charge in [-0.3, -0.25) is 4.72 Å². The Hall–Kier alpha value is -1.50. The molecule has 20 heavy (non-hydrogen) atoms. The Balaban J connectivity index is 2.30. The predicted octanol–water partition coefficient (Wildman–Crippen LogP) is 2.42. The summed E-state index contributed by atoms with van der Waals surface area (Å²) in [6.07, 6.45) is 1.58. The van der Waals surface area contributed by atoms with Gasteiger partial charge in [0.1, 0.15) is 4.90 Å². The van der Waals surface area contributed by atoms with Gasteiger partial charge in [0.15, 0.2) is 0 Å². The first-order valence-corrected chi connectivity index (χ1v) is 8.00. The molecular weight excluding hydrogens is 298 g/mol. The van der Waals surface area contributed by atoms with Gasteiger partial charge >= 0.3 is 0 Å². The second-order valence-electron chi connectivity index (χ2n) is 4.27. The minimum absolute atomic E-state index is 0.203. The number of nitrogens with zero attached hydrogens (tertiary/aromatic N) is 1. The van der Waals surface area contributed by atoms with E-state index in [4.69, 9.17) is 17.3 Å². The molecule has 5 nitrogen and oxygen atoms in total. The molecule has 2 rings (SSSR count). The van der Waals surface area contributed by atoms with E-state index < -0.39 is 10.0 Å². The van der Waals surface area contributed by atoms with Crippen LogP contribution < -0.4 is 10.5 Å². The van der Waals surface area contributed by atoms with Gasteiger partial charge in [0.05, 0.1) is 0 Å². The second-order valence-corrected chi connectivity index (χ2v) is 6.39. The molecule has 0 saturated carbocycles.